The van der Waals surface area contributed by atoms with Gasteiger partial charge in [0.15, 0.2) is 0 Å². The molecule has 0 saturated carbocycles. The molecule has 0 unspecified atom stereocenters. The van der Waals surface area contributed by atoms with Crippen molar-refractivity contribution in [1.82, 2.24) is 5.32 Å². The Morgan fingerprint density at radius 3 is 2.79 bits per heavy atom. The van der Waals surface area contributed by atoms with Gasteiger partial charge in [-0.05, 0) is 47.8 Å². The number of nitrogens with one attached hydrogen (secondary N) is 1. The van der Waals surface area contributed by atoms with Crippen LogP contribution in [0.3, 0.4) is 0 Å². The first kappa shape index (κ1) is 14.5. The molecule has 0 atom stereocenters. The van der Waals surface area contributed by atoms with Gasteiger partial charge in [-0.1, -0.05) is 32.0 Å². The predicted octanol–water partition coefficient (Wildman–Crippen LogP) is 2.98. The molecule has 0 amide bonds. The maximum Gasteiger partial charge on any atom is 0.0587 e. The molecule has 1 aliphatic carbocycles. The van der Waals surface area contributed by atoms with Crippen LogP contribution >= 0.6 is 0 Å². The van der Waals surface area contributed by atoms with Crippen LogP contribution < -0.4 is 5.32 Å². The molecular weight excluding hydrogens is 234 g/mol. The maximum atomic E-state index is 5.06. The highest BCUT2D eigenvalue weighted by atomic mass is 16.5. The van der Waals surface area contributed by atoms with Crippen molar-refractivity contribution in [2.75, 3.05) is 26.8 Å². The molecule has 1 aromatic rings. The van der Waals surface area contributed by atoms with Gasteiger partial charge in [0.25, 0.3) is 0 Å². The molecule has 1 N–H and O–H groups in total. The summed E-state index contributed by atoms with van der Waals surface area (Å²) in [6.07, 6.45) is 5.02. The summed E-state index contributed by atoms with van der Waals surface area (Å²) in [5, 5.41) is 3.47. The van der Waals surface area contributed by atoms with Crippen LogP contribution in [0.15, 0.2) is 18.2 Å². The quantitative estimate of drug-likeness (QED) is 0.762. The zero-order valence-corrected chi connectivity index (χ0v) is 12.6. The number of benzene rings is 1. The largest absolute Gasteiger partial charge is 0.383 e. The molecular formula is C17H27NO. The fraction of sp³-hybridized carbons (Fsp3) is 0.647. The van der Waals surface area contributed by atoms with E-state index in [2.05, 4.69) is 37.4 Å². The predicted molar refractivity (Wildman–Crippen MR) is 80.7 cm³/mol. The van der Waals surface area contributed by atoms with E-state index >= 15 is 0 Å². The van der Waals surface area contributed by atoms with Crippen molar-refractivity contribution in [1.29, 1.82) is 0 Å². The zero-order chi connectivity index (χ0) is 13.7. The van der Waals surface area contributed by atoms with Gasteiger partial charge in [-0.3, -0.25) is 0 Å². The molecule has 0 spiro atoms. The standard InChI is InChI=1S/C17H27NO/c1-17(2,13-18-9-10-19-3)12-14-7-8-15-5-4-6-16(15)11-14/h7-8,11,18H,4-6,9-10,12-13H2,1-3H3. The van der Waals surface area contributed by atoms with Crippen molar-refractivity contribution in [3.05, 3.63) is 34.9 Å². The second-order valence-corrected chi connectivity index (χ2v) is 6.47. The summed E-state index contributed by atoms with van der Waals surface area (Å²) in [5.74, 6) is 0. The number of hydrogen-bond acceptors (Lipinski definition) is 2. The average Bonchev–Trinajstić information content (AvgIpc) is 2.81. The molecule has 0 aromatic heterocycles. The summed E-state index contributed by atoms with van der Waals surface area (Å²) in [4.78, 5) is 0. The third-order valence-electron chi connectivity index (χ3n) is 3.93. The zero-order valence-electron chi connectivity index (χ0n) is 12.6. The summed E-state index contributed by atoms with van der Waals surface area (Å²) in [7, 11) is 1.75. The minimum atomic E-state index is 0.292. The second kappa shape index (κ2) is 6.53. The van der Waals surface area contributed by atoms with Crippen LogP contribution in [0.2, 0.25) is 0 Å². The monoisotopic (exact) mass is 261 g/mol. The number of fused-ring (bicyclic) bond motifs is 1. The highest BCUT2D eigenvalue weighted by Crippen LogP contribution is 2.26. The van der Waals surface area contributed by atoms with Crippen molar-refractivity contribution in [2.24, 2.45) is 5.41 Å². The smallest absolute Gasteiger partial charge is 0.0587 e. The van der Waals surface area contributed by atoms with E-state index in [9.17, 15) is 0 Å². The lowest BCUT2D eigenvalue weighted by molar-refractivity contribution is 0.194. The topological polar surface area (TPSA) is 21.3 Å². The van der Waals surface area contributed by atoms with Gasteiger partial charge in [0.1, 0.15) is 0 Å². The van der Waals surface area contributed by atoms with Crippen LogP contribution in [0.25, 0.3) is 0 Å². The third kappa shape index (κ3) is 4.32. The molecule has 2 nitrogen and oxygen atoms in total. The first-order valence-corrected chi connectivity index (χ1v) is 7.41. The van der Waals surface area contributed by atoms with E-state index in [1.807, 2.05) is 0 Å². The fourth-order valence-corrected chi connectivity index (χ4v) is 2.95. The van der Waals surface area contributed by atoms with E-state index in [0.717, 1.165) is 26.1 Å². The maximum absolute atomic E-state index is 5.06. The summed E-state index contributed by atoms with van der Waals surface area (Å²) < 4.78 is 5.06. The SMILES string of the molecule is COCCNCC(C)(C)Cc1ccc2c(c1)CCC2. The summed E-state index contributed by atoms with van der Waals surface area (Å²) in [6, 6.07) is 7.09. The van der Waals surface area contributed by atoms with Gasteiger partial charge in [-0.2, -0.15) is 0 Å². The second-order valence-electron chi connectivity index (χ2n) is 6.47. The number of rotatable bonds is 7. The molecule has 0 saturated heterocycles. The van der Waals surface area contributed by atoms with E-state index < -0.39 is 0 Å². The normalized spacial score (nSPS) is 14.7. The Labute approximate surface area is 117 Å². The average molecular weight is 261 g/mol. The lowest BCUT2D eigenvalue weighted by atomic mass is 9.85. The summed E-state index contributed by atoms with van der Waals surface area (Å²) in [5.41, 5.74) is 4.93. The fourth-order valence-electron chi connectivity index (χ4n) is 2.95. The van der Waals surface area contributed by atoms with Gasteiger partial charge >= 0.3 is 0 Å². The Morgan fingerprint density at radius 2 is 2.00 bits per heavy atom. The van der Waals surface area contributed by atoms with Gasteiger partial charge in [-0.15, -0.1) is 0 Å². The lowest BCUT2D eigenvalue weighted by Crippen LogP contribution is -2.33. The number of ether oxygens (including phenoxy) is 1. The van der Waals surface area contributed by atoms with Gasteiger partial charge in [0.05, 0.1) is 6.61 Å². The highest BCUT2D eigenvalue weighted by Gasteiger charge is 2.19. The van der Waals surface area contributed by atoms with Crippen molar-refractivity contribution in [3.63, 3.8) is 0 Å². The molecule has 0 radical (unpaired) electrons. The van der Waals surface area contributed by atoms with Crippen molar-refractivity contribution < 1.29 is 4.74 Å². The first-order chi connectivity index (χ1) is 9.11. The molecule has 0 aliphatic heterocycles. The van der Waals surface area contributed by atoms with Gasteiger partial charge < -0.3 is 10.1 Å². The molecule has 19 heavy (non-hydrogen) atoms. The minimum absolute atomic E-state index is 0.292. The van der Waals surface area contributed by atoms with E-state index in [-0.39, 0.29) is 0 Å². The highest BCUT2D eigenvalue weighted by molar-refractivity contribution is 5.35. The molecule has 1 aliphatic rings. The third-order valence-corrected chi connectivity index (χ3v) is 3.93. The van der Waals surface area contributed by atoms with Crippen LogP contribution in [-0.4, -0.2) is 26.8 Å². The first-order valence-electron chi connectivity index (χ1n) is 7.41. The number of methoxy groups -OCH3 is 1. The van der Waals surface area contributed by atoms with Gasteiger partial charge in [0.2, 0.25) is 0 Å². The van der Waals surface area contributed by atoms with Crippen molar-refractivity contribution in [2.45, 2.75) is 39.5 Å². The Kier molecular flexibility index (Phi) is 5.00. The van der Waals surface area contributed by atoms with Crippen LogP contribution in [0.4, 0.5) is 0 Å². The number of hydrogen-bond donors (Lipinski definition) is 1. The minimum Gasteiger partial charge on any atom is -0.383 e. The molecule has 1 aromatic carbocycles. The molecule has 2 rings (SSSR count). The van der Waals surface area contributed by atoms with Gasteiger partial charge in [-0.25, -0.2) is 0 Å². The van der Waals surface area contributed by atoms with E-state index in [1.165, 1.54) is 24.8 Å². The van der Waals surface area contributed by atoms with Crippen LogP contribution in [-0.2, 0) is 24.0 Å². The van der Waals surface area contributed by atoms with E-state index in [0.29, 0.717) is 5.41 Å². The lowest BCUT2D eigenvalue weighted by Gasteiger charge is -2.25. The van der Waals surface area contributed by atoms with Crippen LogP contribution in [0.1, 0.15) is 37.0 Å². The van der Waals surface area contributed by atoms with E-state index in [4.69, 9.17) is 4.74 Å². The molecule has 2 heteroatoms. The van der Waals surface area contributed by atoms with Crippen LogP contribution in [0.5, 0.6) is 0 Å². The molecule has 0 fully saturated rings. The Balaban J connectivity index is 1.88. The number of aryl methyl sites for hydroxylation is 2. The summed E-state index contributed by atoms with van der Waals surface area (Å²) in [6.45, 7) is 7.42. The van der Waals surface area contributed by atoms with Crippen molar-refractivity contribution in [3.8, 4) is 0 Å². The Hall–Kier alpha value is -0.860. The molecule has 0 bridgehead atoms. The Morgan fingerprint density at radius 1 is 1.21 bits per heavy atom. The van der Waals surface area contributed by atoms with Gasteiger partial charge in [0, 0.05) is 20.2 Å². The Bertz CT molecular complexity index is 412. The van der Waals surface area contributed by atoms with Crippen molar-refractivity contribution >= 4 is 0 Å². The van der Waals surface area contributed by atoms with E-state index in [1.54, 1.807) is 18.2 Å². The van der Waals surface area contributed by atoms with Crippen LogP contribution in [0, 0.1) is 5.41 Å². The molecule has 106 valence electrons. The molecule has 0 heterocycles. The summed E-state index contributed by atoms with van der Waals surface area (Å²) >= 11 is 0.